The van der Waals surface area contributed by atoms with E-state index in [9.17, 15) is 19.5 Å². The minimum absolute atomic E-state index is 0.221. The molecule has 168 valence electrons. The molecule has 2 amide bonds. The second-order valence-corrected chi connectivity index (χ2v) is 9.71. The van der Waals surface area contributed by atoms with Crippen molar-refractivity contribution in [1.82, 2.24) is 0 Å². The number of anilines is 2. The van der Waals surface area contributed by atoms with Gasteiger partial charge in [0.25, 0.3) is 0 Å². The Morgan fingerprint density at radius 2 is 1.62 bits per heavy atom. The molecule has 3 rings (SSSR count). The zero-order valence-electron chi connectivity index (χ0n) is 17.2. The van der Waals surface area contributed by atoms with Crippen molar-refractivity contribution in [3.63, 3.8) is 0 Å². The molecule has 0 heterocycles. The number of aliphatic carboxylic acids is 1. The highest BCUT2D eigenvalue weighted by atomic mass is 35.5. The Bertz CT molecular complexity index is 1040. The van der Waals surface area contributed by atoms with E-state index in [1.807, 2.05) is 12.1 Å². The maximum atomic E-state index is 12.7. The Morgan fingerprint density at radius 1 is 0.969 bits per heavy atom. The number of nitrogens with one attached hydrogen (secondary N) is 2. The number of halogens is 2. The summed E-state index contributed by atoms with van der Waals surface area (Å²) < 4.78 is 0. The van der Waals surface area contributed by atoms with Gasteiger partial charge >= 0.3 is 5.97 Å². The number of hydrogen-bond acceptors (Lipinski definition) is 4. The van der Waals surface area contributed by atoms with Crippen LogP contribution in [-0.2, 0) is 14.4 Å². The van der Waals surface area contributed by atoms with Crippen LogP contribution in [0.3, 0.4) is 0 Å². The fraction of sp³-hybridized carbons (Fsp3) is 0.261. The topological polar surface area (TPSA) is 95.5 Å². The molecule has 9 heteroatoms. The lowest BCUT2D eigenvalue weighted by Gasteiger charge is -2.24. The number of carbonyl (C=O) groups is 3. The summed E-state index contributed by atoms with van der Waals surface area (Å²) in [5, 5.41) is 15.4. The Morgan fingerprint density at radius 3 is 2.28 bits per heavy atom. The molecule has 1 aliphatic rings. The van der Waals surface area contributed by atoms with Crippen LogP contribution < -0.4 is 10.6 Å². The van der Waals surface area contributed by atoms with Gasteiger partial charge in [-0.3, -0.25) is 14.4 Å². The molecule has 2 aromatic carbocycles. The molecule has 0 aromatic heterocycles. The zero-order chi connectivity index (χ0) is 23.3. The van der Waals surface area contributed by atoms with Gasteiger partial charge in [-0.2, -0.15) is 0 Å². The highest BCUT2D eigenvalue weighted by molar-refractivity contribution is 8.00. The van der Waals surface area contributed by atoms with Gasteiger partial charge in [0.05, 0.1) is 17.1 Å². The van der Waals surface area contributed by atoms with Crippen molar-refractivity contribution >= 4 is 64.1 Å². The normalized spacial score (nSPS) is 18.6. The van der Waals surface area contributed by atoms with Crippen molar-refractivity contribution in [2.24, 2.45) is 11.8 Å². The zero-order valence-corrected chi connectivity index (χ0v) is 19.5. The number of rotatable bonds is 7. The van der Waals surface area contributed by atoms with Crippen LogP contribution in [0, 0.1) is 11.8 Å². The highest BCUT2D eigenvalue weighted by Gasteiger charge is 2.34. The first-order valence-corrected chi connectivity index (χ1v) is 11.6. The SMILES string of the molecule is CC(Sc1cccc(NC(=O)C2CC=CCC2C(=O)O)c1)C(=O)Nc1cc(Cl)cc(Cl)c1. The second-order valence-electron chi connectivity index (χ2n) is 7.42. The van der Waals surface area contributed by atoms with Crippen LogP contribution in [0.2, 0.25) is 10.0 Å². The van der Waals surface area contributed by atoms with Crippen molar-refractivity contribution < 1.29 is 19.5 Å². The smallest absolute Gasteiger partial charge is 0.307 e. The quantitative estimate of drug-likeness (QED) is 0.339. The number of amides is 2. The third-order valence-corrected chi connectivity index (χ3v) is 6.53. The first kappa shape index (κ1) is 24.2. The maximum Gasteiger partial charge on any atom is 0.307 e. The van der Waals surface area contributed by atoms with Crippen molar-refractivity contribution in [2.45, 2.75) is 29.9 Å². The number of benzene rings is 2. The van der Waals surface area contributed by atoms with Gasteiger partial charge in [-0.15, -0.1) is 11.8 Å². The Kier molecular flexibility index (Phi) is 8.23. The molecule has 0 radical (unpaired) electrons. The minimum atomic E-state index is -0.973. The summed E-state index contributed by atoms with van der Waals surface area (Å²) in [5.74, 6) is -2.88. The summed E-state index contributed by atoms with van der Waals surface area (Å²) in [4.78, 5) is 37.5. The van der Waals surface area contributed by atoms with E-state index in [-0.39, 0.29) is 11.8 Å². The summed E-state index contributed by atoms with van der Waals surface area (Å²) in [6.45, 7) is 1.77. The summed E-state index contributed by atoms with van der Waals surface area (Å²) >= 11 is 13.3. The number of allylic oxidation sites excluding steroid dienone is 2. The molecule has 0 bridgehead atoms. The summed E-state index contributed by atoms with van der Waals surface area (Å²) in [6.07, 6.45) is 4.36. The molecule has 0 saturated heterocycles. The number of carbonyl (C=O) groups excluding carboxylic acids is 2. The van der Waals surface area contributed by atoms with Crippen LogP contribution in [0.4, 0.5) is 11.4 Å². The molecule has 6 nitrogen and oxygen atoms in total. The number of carboxylic acids is 1. The molecule has 3 N–H and O–H groups in total. The van der Waals surface area contributed by atoms with E-state index >= 15 is 0 Å². The van der Waals surface area contributed by atoms with E-state index in [0.717, 1.165) is 4.90 Å². The molecule has 1 aliphatic carbocycles. The molecule has 32 heavy (non-hydrogen) atoms. The predicted octanol–water partition coefficient (Wildman–Crippen LogP) is 5.72. The van der Waals surface area contributed by atoms with Gasteiger partial charge in [0.1, 0.15) is 0 Å². The fourth-order valence-corrected chi connectivity index (χ4v) is 4.84. The molecule has 3 atom stereocenters. The van der Waals surface area contributed by atoms with E-state index < -0.39 is 23.1 Å². The van der Waals surface area contributed by atoms with Gasteiger partial charge in [-0.25, -0.2) is 0 Å². The number of carboxylic acid groups (broad SMARTS) is 1. The van der Waals surface area contributed by atoms with E-state index in [0.29, 0.717) is 34.3 Å². The lowest BCUT2D eigenvalue weighted by Crippen LogP contribution is -2.34. The Labute approximate surface area is 200 Å². The average Bonchev–Trinajstić information content (AvgIpc) is 2.73. The van der Waals surface area contributed by atoms with Crippen molar-refractivity contribution in [3.8, 4) is 0 Å². The second kappa shape index (κ2) is 10.9. The highest BCUT2D eigenvalue weighted by Crippen LogP contribution is 2.30. The van der Waals surface area contributed by atoms with Gasteiger partial charge < -0.3 is 15.7 Å². The Hall–Kier alpha value is -2.48. The molecule has 2 aromatic rings. The monoisotopic (exact) mass is 492 g/mol. The molecule has 0 saturated carbocycles. The summed E-state index contributed by atoms with van der Waals surface area (Å²) in [7, 11) is 0. The van der Waals surface area contributed by atoms with Gasteiger partial charge in [-0.1, -0.05) is 41.4 Å². The van der Waals surface area contributed by atoms with Crippen LogP contribution in [0.15, 0.2) is 59.5 Å². The minimum Gasteiger partial charge on any atom is -0.481 e. The number of thioether (sulfide) groups is 1. The van der Waals surface area contributed by atoms with Crippen LogP contribution in [0.5, 0.6) is 0 Å². The molecular weight excluding hydrogens is 471 g/mol. The third kappa shape index (κ3) is 6.51. The molecule has 0 aliphatic heterocycles. The van der Waals surface area contributed by atoms with Gasteiger partial charge in [0.2, 0.25) is 11.8 Å². The first-order chi connectivity index (χ1) is 15.2. The van der Waals surface area contributed by atoms with Gasteiger partial charge in [0, 0.05) is 26.3 Å². The van der Waals surface area contributed by atoms with E-state index in [1.165, 1.54) is 11.8 Å². The van der Waals surface area contributed by atoms with Crippen molar-refractivity contribution in [3.05, 3.63) is 64.7 Å². The lowest BCUT2D eigenvalue weighted by atomic mass is 9.82. The van der Waals surface area contributed by atoms with E-state index in [4.69, 9.17) is 23.2 Å². The third-order valence-electron chi connectivity index (χ3n) is 5.00. The van der Waals surface area contributed by atoms with Crippen LogP contribution in [0.25, 0.3) is 0 Å². The van der Waals surface area contributed by atoms with Crippen LogP contribution in [0.1, 0.15) is 19.8 Å². The Balaban J connectivity index is 1.62. The lowest BCUT2D eigenvalue weighted by molar-refractivity contribution is -0.146. The number of hydrogen-bond donors (Lipinski definition) is 3. The summed E-state index contributed by atoms with van der Waals surface area (Å²) in [5.41, 5.74) is 1.06. The van der Waals surface area contributed by atoms with E-state index in [1.54, 1.807) is 49.4 Å². The van der Waals surface area contributed by atoms with Crippen molar-refractivity contribution in [2.75, 3.05) is 10.6 Å². The largest absolute Gasteiger partial charge is 0.481 e. The fourth-order valence-electron chi connectivity index (χ4n) is 3.39. The molecular formula is C23H22Cl2N2O4S. The van der Waals surface area contributed by atoms with Gasteiger partial charge in [0.15, 0.2) is 0 Å². The molecule has 0 spiro atoms. The van der Waals surface area contributed by atoms with Crippen LogP contribution >= 0.6 is 35.0 Å². The van der Waals surface area contributed by atoms with Gasteiger partial charge in [-0.05, 0) is 56.2 Å². The summed E-state index contributed by atoms with van der Waals surface area (Å²) in [6, 6.07) is 11.9. The van der Waals surface area contributed by atoms with Crippen molar-refractivity contribution in [1.29, 1.82) is 0 Å². The predicted molar refractivity (Wildman–Crippen MR) is 128 cm³/mol. The average molecular weight is 493 g/mol. The molecule has 0 fully saturated rings. The standard InChI is InChI=1S/C23H22Cl2N2O4S/c1-13(21(28)27-17-10-14(24)9-15(25)11-17)32-18-6-4-5-16(12-18)26-22(29)19-7-2-3-8-20(19)23(30)31/h2-6,9-13,19-20H,7-8H2,1H3,(H,26,29)(H,27,28)(H,30,31). The molecule has 3 unspecified atom stereocenters. The maximum absolute atomic E-state index is 12.7. The first-order valence-electron chi connectivity index (χ1n) is 9.95. The van der Waals surface area contributed by atoms with Crippen LogP contribution in [-0.4, -0.2) is 28.1 Å². The van der Waals surface area contributed by atoms with E-state index in [2.05, 4.69) is 10.6 Å².